The highest BCUT2D eigenvalue weighted by Crippen LogP contribution is 2.56. The van der Waals surface area contributed by atoms with Gasteiger partial charge in [-0.3, -0.25) is 0 Å². The molecule has 1 unspecified atom stereocenters. The molecule has 1 aromatic carbocycles. The molecule has 18 heavy (non-hydrogen) atoms. The van der Waals surface area contributed by atoms with Gasteiger partial charge in [0, 0.05) is 11.5 Å². The van der Waals surface area contributed by atoms with Gasteiger partial charge in [0.1, 0.15) is 0 Å². The van der Waals surface area contributed by atoms with Crippen LogP contribution in [0.4, 0.5) is 0 Å². The first-order chi connectivity index (χ1) is 8.66. The van der Waals surface area contributed by atoms with Crippen LogP contribution >= 0.6 is 0 Å². The molecule has 4 nitrogen and oxygen atoms in total. The fourth-order valence-corrected chi connectivity index (χ4v) is 3.07. The fraction of sp³-hybridized carbons (Fsp3) is 0.500. The highest BCUT2D eigenvalue weighted by atomic mass is 15.1. The molecule has 3 N–H and O–H groups in total. The summed E-state index contributed by atoms with van der Waals surface area (Å²) < 4.78 is 0. The summed E-state index contributed by atoms with van der Waals surface area (Å²) in [5.74, 6) is 0. The Morgan fingerprint density at radius 1 is 1.44 bits per heavy atom. The number of nitrogens with zero attached hydrogens (tertiary/aromatic N) is 2. The largest absolute Gasteiger partial charge is 0.345 e. The van der Waals surface area contributed by atoms with Crippen LogP contribution in [0.1, 0.15) is 24.4 Å². The van der Waals surface area contributed by atoms with E-state index in [4.69, 9.17) is 5.73 Å². The van der Waals surface area contributed by atoms with E-state index < -0.39 is 0 Å². The number of hydrogen-bond acceptors (Lipinski definition) is 3. The molecule has 1 aliphatic carbocycles. The molecule has 4 heteroatoms. The molecule has 3 rings (SSSR count). The van der Waals surface area contributed by atoms with Crippen molar-refractivity contribution >= 4 is 11.0 Å². The lowest BCUT2D eigenvalue weighted by Gasteiger charge is -2.32. The highest BCUT2D eigenvalue weighted by molar-refractivity contribution is 5.75. The van der Waals surface area contributed by atoms with Gasteiger partial charge < -0.3 is 15.6 Å². The quantitative estimate of drug-likeness (QED) is 0.863. The van der Waals surface area contributed by atoms with Gasteiger partial charge in [-0.15, -0.1) is 0 Å². The summed E-state index contributed by atoms with van der Waals surface area (Å²) in [7, 11) is 4.27. The number of fused-ring (bicyclic) bond motifs is 1. The molecule has 1 fully saturated rings. The van der Waals surface area contributed by atoms with Crippen LogP contribution in [0.5, 0.6) is 0 Å². The second-order valence-electron chi connectivity index (χ2n) is 5.61. The van der Waals surface area contributed by atoms with E-state index in [2.05, 4.69) is 47.2 Å². The van der Waals surface area contributed by atoms with Gasteiger partial charge in [0.05, 0.1) is 17.4 Å². The van der Waals surface area contributed by atoms with Crippen molar-refractivity contribution in [3.8, 4) is 0 Å². The van der Waals surface area contributed by atoms with Crippen LogP contribution in [0.3, 0.4) is 0 Å². The van der Waals surface area contributed by atoms with E-state index in [1.54, 1.807) is 6.33 Å². The molecule has 0 spiro atoms. The predicted octanol–water partition coefficient (Wildman–Crippen LogP) is 1.90. The third-order valence-corrected chi connectivity index (χ3v) is 4.16. The van der Waals surface area contributed by atoms with Gasteiger partial charge in [0.25, 0.3) is 0 Å². The number of aromatic nitrogens is 2. The Labute approximate surface area is 107 Å². The van der Waals surface area contributed by atoms with Crippen molar-refractivity contribution in [3.05, 3.63) is 30.1 Å². The fourth-order valence-electron chi connectivity index (χ4n) is 3.07. The van der Waals surface area contributed by atoms with Crippen molar-refractivity contribution in [2.45, 2.75) is 18.9 Å². The van der Waals surface area contributed by atoms with Gasteiger partial charge in [-0.1, -0.05) is 6.07 Å². The number of H-pyrrole nitrogens is 1. The molecule has 1 heterocycles. The summed E-state index contributed by atoms with van der Waals surface area (Å²) >= 11 is 0. The Morgan fingerprint density at radius 2 is 2.22 bits per heavy atom. The van der Waals surface area contributed by atoms with Crippen molar-refractivity contribution in [3.63, 3.8) is 0 Å². The molecule has 0 amide bonds. The van der Waals surface area contributed by atoms with E-state index in [0.29, 0.717) is 6.04 Å². The maximum Gasteiger partial charge on any atom is 0.0931 e. The van der Waals surface area contributed by atoms with Crippen LogP contribution in [0, 0.1) is 5.41 Å². The van der Waals surface area contributed by atoms with E-state index in [0.717, 1.165) is 17.6 Å². The lowest BCUT2D eigenvalue weighted by atomic mass is 9.89. The van der Waals surface area contributed by atoms with Crippen molar-refractivity contribution in [1.82, 2.24) is 14.9 Å². The van der Waals surface area contributed by atoms with Gasteiger partial charge in [-0.05, 0) is 51.2 Å². The van der Waals surface area contributed by atoms with Gasteiger partial charge in [-0.25, -0.2) is 4.98 Å². The molecule has 0 aliphatic heterocycles. The Balaban J connectivity index is 2.04. The number of nitrogens with two attached hydrogens (primary N) is 1. The average Bonchev–Trinajstić information content (AvgIpc) is 2.99. The van der Waals surface area contributed by atoms with E-state index in [9.17, 15) is 0 Å². The van der Waals surface area contributed by atoms with Gasteiger partial charge >= 0.3 is 0 Å². The lowest BCUT2D eigenvalue weighted by Crippen LogP contribution is -2.33. The third kappa shape index (κ3) is 1.72. The first kappa shape index (κ1) is 11.7. The zero-order chi connectivity index (χ0) is 12.8. The van der Waals surface area contributed by atoms with Crippen molar-refractivity contribution in [1.29, 1.82) is 0 Å². The molecule has 1 saturated carbocycles. The van der Waals surface area contributed by atoms with Crippen LogP contribution < -0.4 is 5.73 Å². The first-order valence-corrected chi connectivity index (χ1v) is 6.46. The molecule has 96 valence electrons. The third-order valence-electron chi connectivity index (χ3n) is 4.16. The van der Waals surface area contributed by atoms with E-state index in [1.165, 1.54) is 18.4 Å². The summed E-state index contributed by atoms with van der Waals surface area (Å²) in [5, 5.41) is 0. The van der Waals surface area contributed by atoms with E-state index in [1.807, 2.05) is 0 Å². The van der Waals surface area contributed by atoms with Crippen LogP contribution in [-0.2, 0) is 0 Å². The molecule has 2 aromatic rings. The first-order valence-electron chi connectivity index (χ1n) is 6.46. The lowest BCUT2D eigenvalue weighted by molar-refractivity contribution is 0.198. The summed E-state index contributed by atoms with van der Waals surface area (Å²) in [6.07, 6.45) is 4.20. The number of aromatic amines is 1. The topological polar surface area (TPSA) is 57.9 Å². The standard InChI is InChI=1S/C14H20N4/c1-18(2)13(14(8-15)5-6-14)10-3-4-11-12(7-10)17-9-16-11/h3-4,7,9,13H,5-6,8,15H2,1-2H3,(H,16,17). The maximum atomic E-state index is 5.99. The Morgan fingerprint density at radius 3 is 2.83 bits per heavy atom. The van der Waals surface area contributed by atoms with Gasteiger partial charge in [-0.2, -0.15) is 0 Å². The summed E-state index contributed by atoms with van der Waals surface area (Å²) in [4.78, 5) is 9.74. The summed E-state index contributed by atoms with van der Waals surface area (Å²) in [5.41, 5.74) is 9.72. The van der Waals surface area contributed by atoms with Crippen LogP contribution in [-0.4, -0.2) is 35.5 Å². The number of rotatable bonds is 4. The minimum Gasteiger partial charge on any atom is -0.345 e. The normalized spacial score (nSPS) is 19.3. The van der Waals surface area contributed by atoms with Crippen molar-refractivity contribution in [2.24, 2.45) is 11.1 Å². The average molecular weight is 244 g/mol. The molecule has 0 saturated heterocycles. The zero-order valence-corrected chi connectivity index (χ0v) is 11.0. The molecule has 1 atom stereocenters. The Hall–Kier alpha value is -1.39. The predicted molar refractivity (Wildman–Crippen MR) is 73.2 cm³/mol. The highest BCUT2D eigenvalue weighted by Gasteiger charge is 2.49. The minimum absolute atomic E-state index is 0.275. The smallest absolute Gasteiger partial charge is 0.0931 e. The second-order valence-corrected chi connectivity index (χ2v) is 5.61. The molecule has 0 radical (unpaired) electrons. The van der Waals surface area contributed by atoms with Crippen LogP contribution in [0.25, 0.3) is 11.0 Å². The van der Waals surface area contributed by atoms with Crippen molar-refractivity contribution in [2.75, 3.05) is 20.6 Å². The minimum atomic E-state index is 0.275. The van der Waals surface area contributed by atoms with E-state index in [-0.39, 0.29) is 5.41 Å². The second kappa shape index (κ2) is 4.07. The zero-order valence-electron chi connectivity index (χ0n) is 11.0. The molecule has 1 aromatic heterocycles. The summed E-state index contributed by atoms with van der Waals surface area (Å²) in [6, 6.07) is 6.88. The number of benzene rings is 1. The van der Waals surface area contributed by atoms with Gasteiger partial charge in [0.2, 0.25) is 0 Å². The molecule has 0 bridgehead atoms. The van der Waals surface area contributed by atoms with Gasteiger partial charge in [0.15, 0.2) is 0 Å². The molecule has 1 aliphatic rings. The van der Waals surface area contributed by atoms with Crippen LogP contribution in [0.2, 0.25) is 0 Å². The molecular weight excluding hydrogens is 224 g/mol. The monoisotopic (exact) mass is 244 g/mol. The SMILES string of the molecule is CN(C)C(c1ccc2nc[nH]c2c1)C1(CN)CC1. The Kier molecular flexibility index (Phi) is 2.64. The number of hydrogen-bond donors (Lipinski definition) is 2. The summed E-state index contributed by atoms with van der Waals surface area (Å²) in [6.45, 7) is 0.761. The molecular formula is C14H20N4. The Bertz CT molecular complexity index is 554. The number of nitrogens with one attached hydrogen (secondary N) is 1. The van der Waals surface area contributed by atoms with Crippen molar-refractivity contribution < 1.29 is 0 Å². The maximum absolute atomic E-state index is 5.99. The number of imidazole rings is 1. The van der Waals surface area contributed by atoms with E-state index >= 15 is 0 Å². The van der Waals surface area contributed by atoms with Crippen LogP contribution in [0.15, 0.2) is 24.5 Å².